The molecule has 7 nitrogen and oxygen atoms in total. The molecule has 1 aromatic carbocycles. The monoisotopic (exact) mass is 341 g/mol. The fourth-order valence-electron chi connectivity index (χ4n) is 2.55. The SMILES string of the molecule is Cl.O=C(Nc1ccc(N2CCOCC2=O)cc1)OC1CCCN1. The number of morpholine rings is 1. The standard InChI is InChI=1S/C15H19N3O4.ClH/c19-14-10-21-9-8-18(14)12-5-3-11(4-6-12)17-15(20)22-13-2-1-7-16-13;/h3-6,13,16H,1-2,7-10H2,(H,17,20);1H. The summed E-state index contributed by atoms with van der Waals surface area (Å²) in [6, 6.07) is 7.10. The summed E-state index contributed by atoms with van der Waals surface area (Å²) in [5.74, 6) is -0.0568. The van der Waals surface area contributed by atoms with Gasteiger partial charge in [0.25, 0.3) is 5.91 Å². The Morgan fingerprint density at radius 1 is 1.35 bits per heavy atom. The molecule has 0 aliphatic carbocycles. The van der Waals surface area contributed by atoms with Crippen LogP contribution in [0.4, 0.5) is 16.2 Å². The molecule has 2 heterocycles. The van der Waals surface area contributed by atoms with Gasteiger partial charge in [-0.3, -0.25) is 15.4 Å². The number of hydrogen-bond donors (Lipinski definition) is 2. The zero-order chi connectivity index (χ0) is 15.4. The van der Waals surface area contributed by atoms with E-state index in [9.17, 15) is 9.59 Å². The maximum Gasteiger partial charge on any atom is 0.413 e. The van der Waals surface area contributed by atoms with Gasteiger partial charge >= 0.3 is 6.09 Å². The van der Waals surface area contributed by atoms with Crippen LogP contribution in [-0.2, 0) is 14.3 Å². The van der Waals surface area contributed by atoms with E-state index in [1.807, 2.05) is 0 Å². The van der Waals surface area contributed by atoms with Crippen LogP contribution in [0.15, 0.2) is 24.3 Å². The fourth-order valence-corrected chi connectivity index (χ4v) is 2.55. The molecule has 0 spiro atoms. The number of nitrogens with one attached hydrogen (secondary N) is 2. The van der Waals surface area contributed by atoms with E-state index in [1.54, 1.807) is 29.2 Å². The highest BCUT2D eigenvalue weighted by Gasteiger charge is 2.20. The van der Waals surface area contributed by atoms with Crippen molar-refractivity contribution < 1.29 is 19.1 Å². The van der Waals surface area contributed by atoms with Crippen molar-refractivity contribution in [3.8, 4) is 0 Å². The Labute approximate surface area is 140 Å². The van der Waals surface area contributed by atoms with Crippen LogP contribution in [0.25, 0.3) is 0 Å². The quantitative estimate of drug-likeness (QED) is 0.875. The van der Waals surface area contributed by atoms with E-state index >= 15 is 0 Å². The van der Waals surface area contributed by atoms with Gasteiger partial charge in [0.05, 0.1) is 6.61 Å². The van der Waals surface area contributed by atoms with Crippen LogP contribution >= 0.6 is 12.4 Å². The molecule has 2 saturated heterocycles. The third-order valence-corrected chi connectivity index (χ3v) is 3.68. The second-order valence-corrected chi connectivity index (χ2v) is 5.26. The van der Waals surface area contributed by atoms with Crippen molar-refractivity contribution in [3.05, 3.63) is 24.3 Å². The van der Waals surface area contributed by atoms with E-state index in [1.165, 1.54) is 0 Å². The summed E-state index contributed by atoms with van der Waals surface area (Å²) in [6.07, 6.45) is 1.17. The van der Waals surface area contributed by atoms with Crippen LogP contribution in [0.2, 0.25) is 0 Å². The summed E-state index contributed by atoms with van der Waals surface area (Å²) in [5, 5.41) is 5.77. The molecule has 2 aliphatic rings. The first-order valence-corrected chi connectivity index (χ1v) is 7.41. The molecular formula is C15H20ClN3O4. The Kier molecular flexibility index (Phi) is 6.20. The highest BCUT2D eigenvalue weighted by molar-refractivity contribution is 5.95. The summed E-state index contributed by atoms with van der Waals surface area (Å²) < 4.78 is 10.3. The first-order valence-electron chi connectivity index (χ1n) is 7.41. The minimum atomic E-state index is -0.477. The average Bonchev–Trinajstić information content (AvgIpc) is 3.01. The van der Waals surface area contributed by atoms with Crippen molar-refractivity contribution in [1.29, 1.82) is 0 Å². The molecule has 2 amide bonds. The molecule has 8 heteroatoms. The minimum Gasteiger partial charge on any atom is -0.430 e. The van der Waals surface area contributed by atoms with Gasteiger partial charge in [0, 0.05) is 17.9 Å². The van der Waals surface area contributed by atoms with Crippen LogP contribution in [0.5, 0.6) is 0 Å². The highest BCUT2D eigenvalue weighted by Crippen LogP contribution is 2.20. The Morgan fingerprint density at radius 3 is 2.78 bits per heavy atom. The predicted molar refractivity (Wildman–Crippen MR) is 88.0 cm³/mol. The second-order valence-electron chi connectivity index (χ2n) is 5.26. The smallest absolute Gasteiger partial charge is 0.413 e. The predicted octanol–water partition coefficient (Wildman–Crippen LogP) is 1.73. The number of benzene rings is 1. The van der Waals surface area contributed by atoms with E-state index in [2.05, 4.69) is 10.6 Å². The summed E-state index contributed by atoms with van der Waals surface area (Å²) in [6.45, 7) is 2.06. The lowest BCUT2D eigenvalue weighted by Gasteiger charge is -2.26. The fraction of sp³-hybridized carbons (Fsp3) is 0.467. The molecule has 0 radical (unpaired) electrons. The third kappa shape index (κ3) is 4.57. The topological polar surface area (TPSA) is 79.9 Å². The molecule has 2 aliphatic heterocycles. The number of hydrogen-bond acceptors (Lipinski definition) is 5. The molecule has 1 unspecified atom stereocenters. The maximum absolute atomic E-state index is 11.8. The molecule has 3 rings (SSSR count). The molecule has 2 N–H and O–H groups in total. The summed E-state index contributed by atoms with van der Waals surface area (Å²) in [7, 11) is 0. The van der Waals surface area contributed by atoms with Gasteiger partial charge in [0.15, 0.2) is 6.23 Å². The molecule has 0 aromatic heterocycles. The Hall–Kier alpha value is -1.83. The van der Waals surface area contributed by atoms with Crippen LogP contribution in [0.3, 0.4) is 0 Å². The number of nitrogens with zero attached hydrogens (tertiary/aromatic N) is 1. The lowest BCUT2D eigenvalue weighted by Crippen LogP contribution is -2.41. The number of amides is 2. The molecule has 0 bridgehead atoms. The molecule has 23 heavy (non-hydrogen) atoms. The average molecular weight is 342 g/mol. The number of ether oxygens (including phenoxy) is 2. The van der Waals surface area contributed by atoms with Gasteiger partial charge in [-0.05, 0) is 43.7 Å². The zero-order valence-corrected chi connectivity index (χ0v) is 13.4. The summed E-state index contributed by atoms with van der Waals surface area (Å²) >= 11 is 0. The van der Waals surface area contributed by atoms with Crippen molar-refractivity contribution >= 4 is 35.8 Å². The second kappa shape index (κ2) is 8.14. The van der Waals surface area contributed by atoms with E-state index in [0.717, 1.165) is 25.1 Å². The summed E-state index contributed by atoms with van der Waals surface area (Å²) in [4.78, 5) is 25.2. The Morgan fingerprint density at radius 2 is 2.13 bits per heavy atom. The van der Waals surface area contributed by atoms with Crippen LogP contribution in [0.1, 0.15) is 12.8 Å². The van der Waals surface area contributed by atoms with Crippen LogP contribution in [-0.4, -0.2) is 44.5 Å². The lowest BCUT2D eigenvalue weighted by atomic mass is 10.2. The number of carbonyl (C=O) groups excluding carboxylic acids is 2. The zero-order valence-electron chi connectivity index (χ0n) is 12.6. The van der Waals surface area contributed by atoms with Crippen molar-refractivity contribution in [1.82, 2.24) is 5.32 Å². The van der Waals surface area contributed by atoms with E-state index in [0.29, 0.717) is 18.8 Å². The first-order chi connectivity index (χ1) is 10.7. The van der Waals surface area contributed by atoms with Gasteiger partial charge < -0.3 is 14.4 Å². The highest BCUT2D eigenvalue weighted by atomic mass is 35.5. The van der Waals surface area contributed by atoms with Gasteiger partial charge in [-0.1, -0.05) is 0 Å². The number of anilines is 2. The first kappa shape index (κ1) is 17.5. The molecule has 126 valence electrons. The Bertz CT molecular complexity index is 546. The van der Waals surface area contributed by atoms with Crippen molar-refractivity contribution in [2.75, 3.05) is 36.5 Å². The molecule has 1 aromatic rings. The van der Waals surface area contributed by atoms with Crippen LogP contribution in [0, 0.1) is 0 Å². The molecular weight excluding hydrogens is 322 g/mol. The van der Waals surface area contributed by atoms with E-state index < -0.39 is 6.09 Å². The van der Waals surface area contributed by atoms with Crippen molar-refractivity contribution in [2.45, 2.75) is 19.1 Å². The van der Waals surface area contributed by atoms with Gasteiger partial charge in [-0.2, -0.15) is 0 Å². The Balaban J connectivity index is 0.00000192. The number of rotatable bonds is 3. The van der Waals surface area contributed by atoms with Gasteiger partial charge in [0.2, 0.25) is 0 Å². The third-order valence-electron chi connectivity index (χ3n) is 3.68. The minimum absolute atomic E-state index is 0. The number of carbonyl (C=O) groups is 2. The van der Waals surface area contributed by atoms with Crippen LogP contribution < -0.4 is 15.5 Å². The normalized spacial score (nSPS) is 20.8. The van der Waals surface area contributed by atoms with E-state index in [-0.39, 0.29) is 31.1 Å². The van der Waals surface area contributed by atoms with E-state index in [4.69, 9.17) is 9.47 Å². The van der Waals surface area contributed by atoms with Crippen molar-refractivity contribution in [3.63, 3.8) is 0 Å². The largest absolute Gasteiger partial charge is 0.430 e. The van der Waals surface area contributed by atoms with Gasteiger partial charge in [-0.15, -0.1) is 12.4 Å². The van der Waals surface area contributed by atoms with Crippen molar-refractivity contribution in [2.24, 2.45) is 0 Å². The lowest BCUT2D eigenvalue weighted by molar-refractivity contribution is -0.125. The molecule has 2 fully saturated rings. The maximum atomic E-state index is 11.8. The van der Waals surface area contributed by atoms with Gasteiger partial charge in [-0.25, -0.2) is 4.79 Å². The molecule has 0 saturated carbocycles. The summed E-state index contributed by atoms with van der Waals surface area (Å²) in [5.41, 5.74) is 1.43. The molecule has 1 atom stereocenters. The van der Waals surface area contributed by atoms with Gasteiger partial charge in [0.1, 0.15) is 6.61 Å². The number of halogens is 1.